The molecule has 0 unspecified atom stereocenters. The van der Waals surface area contributed by atoms with E-state index < -0.39 is 5.41 Å². The largest absolute Gasteiger partial charge is 0.456 e. The Labute approximate surface area is 324 Å². The van der Waals surface area contributed by atoms with Crippen molar-refractivity contribution in [3.8, 4) is 67.1 Å². The Hall–Kier alpha value is -7.22. The first kappa shape index (κ1) is 30.1. The van der Waals surface area contributed by atoms with Crippen LogP contribution in [0.3, 0.4) is 0 Å². The average Bonchev–Trinajstić information content (AvgIpc) is 3.74. The Balaban J connectivity index is 1.16. The Morgan fingerprint density at radius 3 is 1.79 bits per heavy atom. The summed E-state index contributed by atoms with van der Waals surface area (Å²) in [5.41, 5.74) is 17.4. The fraction of sp³-hybridized carbons (Fsp3) is 0.0182. The highest BCUT2D eigenvalue weighted by molar-refractivity contribution is 6.13. The summed E-state index contributed by atoms with van der Waals surface area (Å²) in [7, 11) is 0. The van der Waals surface area contributed by atoms with Crippen LogP contribution < -0.4 is 4.74 Å². The summed E-state index contributed by atoms with van der Waals surface area (Å²) in [6, 6.07) is 72.2. The minimum Gasteiger partial charge on any atom is -0.456 e. The summed E-state index contributed by atoms with van der Waals surface area (Å²) in [5, 5.41) is 7.42. The van der Waals surface area contributed by atoms with Gasteiger partial charge in [0.1, 0.15) is 11.5 Å². The predicted octanol–water partition coefficient (Wildman–Crippen LogP) is 14.6. The van der Waals surface area contributed by atoms with Gasteiger partial charge in [0.15, 0.2) is 0 Å². The number of ether oxygens (including phenoxy) is 1. The molecule has 1 spiro atoms. The zero-order valence-electron chi connectivity index (χ0n) is 30.4. The number of para-hydroxylation sites is 1. The standard InChI is InChI=1S/C55H32O/c1-2-13-34-30-36(25-24-33(34)12-1)46-31-35-14-3-4-15-39(35)53-45-27-26-37(38-28-29-51-52-43(38)19-11-20-44(52)42-18-7-10-23-50(42)56-51)32-49(45)55(54(46)53)47-21-8-5-16-40(47)41-17-6-9-22-48(41)55/h1-32H. The Kier molecular flexibility index (Phi) is 5.89. The van der Waals surface area contributed by atoms with Gasteiger partial charge < -0.3 is 4.74 Å². The second-order valence-corrected chi connectivity index (χ2v) is 15.5. The maximum Gasteiger partial charge on any atom is 0.135 e. The molecule has 258 valence electrons. The van der Waals surface area contributed by atoms with Crippen molar-refractivity contribution < 1.29 is 4.74 Å². The fourth-order valence-electron chi connectivity index (χ4n) is 10.6. The SMILES string of the molecule is c1ccc2c(c1)Oc1ccc(-c3ccc4c(c3)C3(c5ccccc5-c5ccccc53)c3c(-c5ccc6ccccc6c5)cc5ccccc5c3-4)c3cccc-2c13. The number of hydrogen-bond donors (Lipinski definition) is 0. The molecule has 3 aliphatic rings. The van der Waals surface area contributed by atoms with E-state index in [2.05, 4.69) is 188 Å². The molecule has 0 saturated heterocycles. The third kappa shape index (κ3) is 3.79. The minimum atomic E-state index is -0.534. The smallest absolute Gasteiger partial charge is 0.135 e. The quantitative estimate of drug-likeness (QED) is 0.174. The van der Waals surface area contributed by atoms with Gasteiger partial charge in [-0.25, -0.2) is 0 Å². The van der Waals surface area contributed by atoms with Crippen molar-refractivity contribution >= 4 is 32.3 Å². The second kappa shape index (κ2) is 10.9. The first-order valence-electron chi connectivity index (χ1n) is 19.5. The third-order valence-electron chi connectivity index (χ3n) is 12.8. The summed E-state index contributed by atoms with van der Waals surface area (Å²) >= 11 is 0. The summed E-state index contributed by atoms with van der Waals surface area (Å²) in [6.45, 7) is 0. The fourth-order valence-corrected chi connectivity index (χ4v) is 10.6. The number of benzene rings is 10. The maximum absolute atomic E-state index is 6.53. The van der Waals surface area contributed by atoms with Gasteiger partial charge in [0, 0.05) is 10.9 Å². The van der Waals surface area contributed by atoms with E-state index in [0.29, 0.717) is 0 Å². The predicted molar refractivity (Wildman–Crippen MR) is 232 cm³/mol. The Morgan fingerprint density at radius 2 is 0.946 bits per heavy atom. The monoisotopic (exact) mass is 708 g/mol. The van der Waals surface area contributed by atoms with Crippen LogP contribution in [-0.2, 0) is 5.41 Å². The molecule has 2 aliphatic carbocycles. The highest BCUT2D eigenvalue weighted by atomic mass is 16.5. The van der Waals surface area contributed by atoms with Crippen molar-refractivity contribution in [3.05, 3.63) is 216 Å². The Morgan fingerprint density at radius 1 is 0.321 bits per heavy atom. The number of hydrogen-bond acceptors (Lipinski definition) is 1. The van der Waals surface area contributed by atoms with E-state index in [4.69, 9.17) is 4.74 Å². The van der Waals surface area contributed by atoms with Crippen molar-refractivity contribution in [1.82, 2.24) is 0 Å². The first-order valence-corrected chi connectivity index (χ1v) is 19.5. The van der Waals surface area contributed by atoms with E-state index in [-0.39, 0.29) is 0 Å². The molecule has 0 aromatic heterocycles. The van der Waals surface area contributed by atoms with Crippen molar-refractivity contribution in [1.29, 1.82) is 0 Å². The summed E-state index contributed by atoms with van der Waals surface area (Å²) in [6.07, 6.45) is 0. The molecule has 1 heteroatoms. The highest BCUT2D eigenvalue weighted by Crippen LogP contribution is 2.66. The Bertz CT molecular complexity index is 3300. The average molecular weight is 709 g/mol. The summed E-state index contributed by atoms with van der Waals surface area (Å²) < 4.78 is 6.53. The van der Waals surface area contributed by atoms with Crippen LogP contribution in [0, 0.1) is 0 Å². The van der Waals surface area contributed by atoms with E-state index in [1.54, 1.807) is 0 Å². The third-order valence-corrected chi connectivity index (χ3v) is 12.8. The van der Waals surface area contributed by atoms with Crippen LogP contribution in [0.15, 0.2) is 194 Å². The maximum atomic E-state index is 6.53. The van der Waals surface area contributed by atoms with Crippen LogP contribution in [-0.4, -0.2) is 0 Å². The lowest BCUT2D eigenvalue weighted by atomic mass is 9.68. The summed E-state index contributed by atoms with van der Waals surface area (Å²) in [5.74, 6) is 1.82. The number of fused-ring (bicyclic) bond motifs is 15. The van der Waals surface area contributed by atoms with E-state index >= 15 is 0 Å². The van der Waals surface area contributed by atoms with Gasteiger partial charge in [-0.15, -0.1) is 0 Å². The molecule has 1 aliphatic heterocycles. The van der Waals surface area contributed by atoms with Crippen molar-refractivity contribution in [2.24, 2.45) is 0 Å². The lowest BCUT2D eigenvalue weighted by Crippen LogP contribution is -2.26. The molecule has 0 N–H and O–H groups in total. The lowest BCUT2D eigenvalue weighted by Gasteiger charge is -2.33. The molecule has 0 atom stereocenters. The molecule has 0 radical (unpaired) electrons. The van der Waals surface area contributed by atoms with Crippen LogP contribution >= 0.6 is 0 Å². The van der Waals surface area contributed by atoms with Crippen molar-refractivity contribution in [3.63, 3.8) is 0 Å². The van der Waals surface area contributed by atoms with Crippen LogP contribution in [0.25, 0.3) is 88.0 Å². The van der Waals surface area contributed by atoms with Gasteiger partial charge in [-0.3, -0.25) is 0 Å². The van der Waals surface area contributed by atoms with E-state index in [1.807, 2.05) is 6.07 Å². The van der Waals surface area contributed by atoms with Crippen molar-refractivity contribution in [2.45, 2.75) is 5.41 Å². The summed E-state index contributed by atoms with van der Waals surface area (Å²) in [4.78, 5) is 0. The van der Waals surface area contributed by atoms with Crippen molar-refractivity contribution in [2.75, 3.05) is 0 Å². The molecule has 0 fully saturated rings. The highest BCUT2D eigenvalue weighted by Gasteiger charge is 2.53. The van der Waals surface area contributed by atoms with Crippen LogP contribution in [0.1, 0.15) is 22.3 Å². The molecule has 0 saturated carbocycles. The normalized spacial score (nSPS) is 13.6. The van der Waals surface area contributed by atoms with Gasteiger partial charge in [-0.1, -0.05) is 164 Å². The minimum absolute atomic E-state index is 0.534. The molecule has 13 rings (SSSR count). The van der Waals surface area contributed by atoms with Gasteiger partial charge in [-0.2, -0.15) is 0 Å². The van der Waals surface area contributed by atoms with Crippen LogP contribution in [0.4, 0.5) is 0 Å². The molecule has 10 aromatic rings. The number of rotatable bonds is 2. The molecule has 0 bridgehead atoms. The topological polar surface area (TPSA) is 9.23 Å². The van der Waals surface area contributed by atoms with E-state index in [0.717, 1.165) is 17.1 Å². The van der Waals surface area contributed by atoms with Gasteiger partial charge in [-0.05, 0) is 130 Å². The zero-order chi connectivity index (χ0) is 36.5. The lowest BCUT2D eigenvalue weighted by molar-refractivity contribution is 0.487. The van der Waals surface area contributed by atoms with Gasteiger partial charge in [0.2, 0.25) is 0 Å². The molecule has 1 heterocycles. The molecule has 56 heavy (non-hydrogen) atoms. The molecule has 1 nitrogen and oxygen atoms in total. The van der Waals surface area contributed by atoms with Crippen LogP contribution in [0.2, 0.25) is 0 Å². The molecular weight excluding hydrogens is 677 g/mol. The van der Waals surface area contributed by atoms with Gasteiger partial charge in [0.05, 0.1) is 5.41 Å². The molecule has 10 aromatic carbocycles. The van der Waals surface area contributed by atoms with E-state index in [9.17, 15) is 0 Å². The zero-order valence-corrected chi connectivity index (χ0v) is 30.4. The second-order valence-electron chi connectivity index (χ2n) is 15.5. The molecular formula is C55H32O. The van der Waals surface area contributed by atoms with E-state index in [1.165, 1.54) is 105 Å². The first-order chi connectivity index (χ1) is 27.8. The van der Waals surface area contributed by atoms with Crippen LogP contribution in [0.5, 0.6) is 11.5 Å². The van der Waals surface area contributed by atoms with Gasteiger partial charge >= 0.3 is 0 Å². The van der Waals surface area contributed by atoms with Gasteiger partial charge in [0.25, 0.3) is 0 Å². The molecule has 0 amide bonds.